The van der Waals surface area contributed by atoms with Crippen LogP contribution in [0.5, 0.6) is 0 Å². The van der Waals surface area contributed by atoms with E-state index in [-0.39, 0.29) is 0 Å². The second kappa shape index (κ2) is 6.09. The fourth-order valence-electron chi connectivity index (χ4n) is 2.01. The van der Waals surface area contributed by atoms with Gasteiger partial charge in [0, 0.05) is 30.6 Å². The Morgan fingerprint density at radius 1 is 1.14 bits per heavy atom. The van der Waals surface area contributed by atoms with Crippen molar-refractivity contribution in [2.24, 2.45) is 5.73 Å². The number of nitrogens with two attached hydrogens (primary N) is 1. The van der Waals surface area contributed by atoms with E-state index >= 15 is 0 Å². The molecule has 0 atom stereocenters. The molecule has 2 heterocycles. The maximum absolute atomic E-state index is 11.0. The lowest BCUT2D eigenvalue weighted by molar-refractivity contribution is 0.100. The first-order valence-corrected chi connectivity index (χ1v) is 6.82. The zero-order valence-corrected chi connectivity index (χ0v) is 11.8. The van der Waals surface area contributed by atoms with E-state index in [1.165, 1.54) is 0 Å². The van der Waals surface area contributed by atoms with Crippen molar-refractivity contribution in [1.82, 2.24) is 14.8 Å². The number of benzene rings is 1. The Morgan fingerprint density at radius 3 is 2.64 bits per heavy atom. The molecule has 6 nitrogen and oxygen atoms in total. The van der Waals surface area contributed by atoms with Crippen LogP contribution in [0.4, 0.5) is 5.82 Å². The number of hydrogen-bond donors (Lipinski definition) is 2. The Bertz CT molecular complexity index is 765. The molecule has 0 spiro atoms. The summed E-state index contributed by atoms with van der Waals surface area (Å²) < 4.78 is 1.71. The van der Waals surface area contributed by atoms with Gasteiger partial charge in [0.1, 0.15) is 5.82 Å². The molecule has 1 amide bonds. The fourth-order valence-corrected chi connectivity index (χ4v) is 2.01. The Hall–Kier alpha value is -3.15. The molecular weight excluding hydrogens is 278 g/mol. The molecule has 3 aromatic rings. The molecule has 1 aromatic carbocycles. The first-order chi connectivity index (χ1) is 10.7. The predicted molar refractivity (Wildman–Crippen MR) is 83.6 cm³/mol. The molecule has 0 aliphatic heterocycles. The normalized spacial score (nSPS) is 10.4. The van der Waals surface area contributed by atoms with Crippen LogP contribution in [0.25, 0.3) is 5.82 Å². The minimum absolute atomic E-state index is 0.423. The Balaban J connectivity index is 1.65. The van der Waals surface area contributed by atoms with Crippen LogP contribution in [0.3, 0.4) is 0 Å². The van der Waals surface area contributed by atoms with Gasteiger partial charge in [0.2, 0.25) is 5.91 Å². The topological polar surface area (TPSA) is 85.8 Å². The highest BCUT2D eigenvalue weighted by atomic mass is 16.1. The summed E-state index contributed by atoms with van der Waals surface area (Å²) in [5, 5.41) is 7.63. The average molecular weight is 293 g/mol. The van der Waals surface area contributed by atoms with Crippen molar-refractivity contribution in [2.45, 2.75) is 6.54 Å². The van der Waals surface area contributed by atoms with Crippen molar-refractivity contribution in [1.29, 1.82) is 0 Å². The molecule has 22 heavy (non-hydrogen) atoms. The SMILES string of the molecule is NC(=O)c1ccc(CNc2ccn(-c3ccccn3)n2)cc1. The highest BCUT2D eigenvalue weighted by Gasteiger charge is 2.03. The van der Waals surface area contributed by atoms with Crippen molar-refractivity contribution >= 4 is 11.7 Å². The summed E-state index contributed by atoms with van der Waals surface area (Å²) in [6.45, 7) is 0.609. The molecule has 0 saturated heterocycles. The van der Waals surface area contributed by atoms with Gasteiger partial charge in [0.15, 0.2) is 5.82 Å². The molecular formula is C16H15N5O. The minimum Gasteiger partial charge on any atom is -0.366 e. The van der Waals surface area contributed by atoms with Crippen LogP contribution in [0.15, 0.2) is 60.9 Å². The van der Waals surface area contributed by atoms with E-state index < -0.39 is 5.91 Å². The van der Waals surface area contributed by atoms with Gasteiger partial charge in [-0.05, 0) is 29.8 Å². The summed E-state index contributed by atoms with van der Waals surface area (Å²) in [4.78, 5) is 15.3. The fraction of sp³-hybridized carbons (Fsp3) is 0.0625. The van der Waals surface area contributed by atoms with Crippen LogP contribution in [-0.2, 0) is 6.54 Å². The van der Waals surface area contributed by atoms with Crippen LogP contribution >= 0.6 is 0 Å². The second-order valence-corrected chi connectivity index (χ2v) is 4.75. The molecule has 0 saturated carbocycles. The third-order valence-electron chi connectivity index (χ3n) is 3.19. The van der Waals surface area contributed by atoms with Gasteiger partial charge in [0.25, 0.3) is 0 Å². The summed E-state index contributed by atoms with van der Waals surface area (Å²) in [7, 11) is 0. The Morgan fingerprint density at radius 2 is 1.95 bits per heavy atom. The van der Waals surface area contributed by atoms with Crippen molar-refractivity contribution in [2.75, 3.05) is 5.32 Å². The van der Waals surface area contributed by atoms with E-state index in [4.69, 9.17) is 5.73 Å². The van der Waals surface area contributed by atoms with Gasteiger partial charge in [0.05, 0.1) is 0 Å². The van der Waals surface area contributed by atoms with Crippen LogP contribution in [0, 0.1) is 0 Å². The van der Waals surface area contributed by atoms with E-state index in [1.807, 2.05) is 42.6 Å². The number of primary amides is 1. The van der Waals surface area contributed by atoms with Crippen molar-refractivity contribution in [3.63, 3.8) is 0 Å². The molecule has 2 aromatic heterocycles. The number of amides is 1. The number of aromatic nitrogens is 3. The van der Waals surface area contributed by atoms with Crippen LogP contribution < -0.4 is 11.1 Å². The highest BCUT2D eigenvalue weighted by molar-refractivity contribution is 5.92. The Kier molecular flexibility index (Phi) is 3.82. The number of anilines is 1. The lowest BCUT2D eigenvalue weighted by Gasteiger charge is -2.04. The standard InChI is InChI=1S/C16H15N5O/c17-16(22)13-6-4-12(5-7-13)11-19-14-8-10-21(20-14)15-3-1-2-9-18-15/h1-10H,11H2,(H2,17,22)(H,19,20). The van der Waals surface area contributed by atoms with Gasteiger partial charge in [-0.15, -0.1) is 5.10 Å². The summed E-state index contributed by atoms with van der Waals surface area (Å²) in [5.74, 6) is 1.10. The van der Waals surface area contributed by atoms with Crippen LogP contribution in [0.2, 0.25) is 0 Å². The first-order valence-electron chi connectivity index (χ1n) is 6.82. The lowest BCUT2D eigenvalue weighted by atomic mass is 10.1. The summed E-state index contributed by atoms with van der Waals surface area (Å²) in [5.41, 5.74) is 6.76. The number of nitrogens with zero attached hydrogens (tertiary/aromatic N) is 3. The van der Waals surface area contributed by atoms with E-state index in [0.29, 0.717) is 12.1 Å². The van der Waals surface area contributed by atoms with Gasteiger partial charge < -0.3 is 11.1 Å². The van der Waals surface area contributed by atoms with E-state index in [1.54, 1.807) is 23.0 Å². The monoisotopic (exact) mass is 293 g/mol. The van der Waals surface area contributed by atoms with Crippen LogP contribution in [-0.4, -0.2) is 20.7 Å². The number of rotatable bonds is 5. The molecule has 3 N–H and O–H groups in total. The predicted octanol–water partition coefficient (Wildman–Crippen LogP) is 1.98. The van der Waals surface area contributed by atoms with Gasteiger partial charge in [-0.1, -0.05) is 18.2 Å². The van der Waals surface area contributed by atoms with E-state index in [9.17, 15) is 4.79 Å². The first kappa shape index (κ1) is 13.8. The minimum atomic E-state index is -0.423. The summed E-state index contributed by atoms with van der Waals surface area (Å²) in [6.07, 6.45) is 3.57. The number of carbonyl (C=O) groups is 1. The van der Waals surface area contributed by atoms with Crippen LogP contribution in [0.1, 0.15) is 15.9 Å². The average Bonchev–Trinajstić information content (AvgIpc) is 3.03. The molecule has 0 unspecified atom stereocenters. The molecule has 3 rings (SSSR count). The third-order valence-corrected chi connectivity index (χ3v) is 3.19. The summed E-state index contributed by atoms with van der Waals surface area (Å²) in [6, 6.07) is 14.7. The van der Waals surface area contributed by atoms with Gasteiger partial charge in [-0.3, -0.25) is 4.79 Å². The van der Waals surface area contributed by atoms with Gasteiger partial charge >= 0.3 is 0 Å². The summed E-state index contributed by atoms with van der Waals surface area (Å²) >= 11 is 0. The lowest BCUT2D eigenvalue weighted by Crippen LogP contribution is -2.10. The zero-order chi connectivity index (χ0) is 15.4. The maximum Gasteiger partial charge on any atom is 0.248 e. The quantitative estimate of drug-likeness (QED) is 0.753. The number of carbonyl (C=O) groups excluding carboxylic acids is 1. The molecule has 0 aliphatic rings. The Labute approximate surface area is 127 Å². The van der Waals surface area contributed by atoms with E-state index in [2.05, 4.69) is 15.4 Å². The number of pyridine rings is 1. The highest BCUT2D eigenvalue weighted by Crippen LogP contribution is 2.10. The van der Waals surface area contributed by atoms with Gasteiger partial charge in [-0.25, -0.2) is 9.67 Å². The number of nitrogens with one attached hydrogen (secondary N) is 1. The molecule has 110 valence electrons. The molecule has 0 fully saturated rings. The van der Waals surface area contributed by atoms with Crippen molar-refractivity contribution < 1.29 is 4.79 Å². The number of hydrogen-bond acceptors (Lipinski definition) is 4. The van der Waals surface area contributed by atoms with Gasteiger partial charge in [-0.2, -0.15) is 0 Å². The third kappa shape index (κ3) is 3.12. The van der Waals surface area contributed by atoms with E-state index in [0.717, 1.165) is 17.2 Å². The molecule has 6 heteroatoms. The van der Waals surface area contributed by atoms with Crippen molar-refractivity contribution in [3.8, 4) is 5.82 Å². The zero-order valence-electron chi connectivity index (χ0n) is 11.8. The molecule has 0 bridgehead atoms. The largest absolute Gasteiger partial charge is 0.366 e. The van der Waals surface area contributed by atoms with Crippen molar-refractivity contribution in [3.05, 3.63) is 72.1 Å². The smallest absolute Gasteiger partial charge is 0.248 e. The maximum atomic E-state index is 11.0. The molecule has 0 aliphatic carbocycles. The second-order valence-electron chi connectivity index (χ2n) is 4.75. The molecule has 0 radical (unpaired) electrons.